The van der Waals surface area contributed by atoms with Gasteiger partial charge in [-0.3, -0.25) is 14.4 Å². The number of hydrogen-bond donors (Lipinski definition) is 0. The number of allylic oxidation sites excluding steroid dienone is 2. The van der Waals surface area contributed by atoms with Crippen LogP contribution in [0.5, 0.6) is 0 Å². The Morgan fingerprint density at radius 1 is 0.253 bits per heavy atom. The summed E-state index contributed by atoms with van der Waals surface area (Å²) in [5.41, 5.74) is 0. The molecule has 0 spiro atoms. The van der Waals surface area contributed by atoms with E-state index in [4.69, 9.17) is 14.2 Å². The molecule has 0 saturated heterocycles. The van der Waals surface area contributed by atoms with Crippen LogP contribution in [0.4, 0.5) is 0 Å². The molecular weight excluding hydrogens is 925 g/mol. The molecule has 0 rings (SSSR count). The maximum Gasteiger partial charge on any atom is 0.306 e. The van der Waals surface area contributed by atoms with Crippen molar-refractivity contribution in [2.24, 2.45) is 0 Å². The topological polar surface area (TPSA) is 78.9 Å². The van der Waals surface area contributed by atoms with Crippen molar-refractivity contribution in [3.05, 3.63) is 12.2 Å². The first kappa shape index (κ1) is 73.2. The van der Waals surface area contributed by atoms with Crippen LogP contribution >= 0.6 is 0 Å². The van der Waals surface area contributed by atoms with Crippen LogP contribution in [-0.4, -0.2) is 37.2 Å². The number of unbranched alkanes of at least 4 members (excludes halogenated alkanes) is 51. The van der Waals surface area contributed by atoms with Gasteiger partial charge in [-0.25, -0.2) is 0 Å². The van der Waals surface area contributed by atoms with Crippen molar-refractivity contribution in [3.8, 4) is 0 Å². The number of carbonyl (C=O) groups is 3. The van der Waals surface area contributed by atoms with E-state index < -0.39 is 6.10 Å². The number of ether oxygens (including phenoxy) is 3. The summed E-state index contributed by atoms with van der Waals surface area (Å²) in [5.74, 6) is -0.856. The molecule has 0 saturated carbocycles. The highest BCUT2D eigenvalue weighted by atomic mass is 16.6. The molecule has 0 radical (unpaired) electrons. The molecule has 0 aromatic heterocycles. The van der Waals surface area contributed by atoms with Crippen molar-refractivity contribution in [3.63, 3.8) is 0 Å². The van der Waals surface area contributed by atoms with Crippen LogP contribution in [0.15, 0.2) is 12.2 Å². The minimum absolute atomic E-state index is 0.0667. The fourth-order valence-electron chi connectivity index (χ4n) is 10.6. The molecule has 0 aliphatic rings. The van der Waals surface area contributed by atoms with Gasteiger partial charge in [-0.15, -0.1) is 0 Å². The third kappa shape index (κ3) is 62.9. The van der Waals surface area contributed by atoms with E-state index in [1.165, 1.54) is 295 Å². The van der Waals surface area contributed by atoms with Gasteiger partial charge in [-0.05, 0) is 44.9 Å². The van der Waals surface area contributed by atoms with Crippen LogP contribution in [0.2, 0.25) is 0 Å². The van der Waals surface area contributed by atoms with Crippen molar-refractivity contribution < 1.29 is 28.6 Å². The number of carbonyl (C=O) groups excluding carboxylic acids is 3. The zero-order valence-electron chi connectivity index (χ0n) is 51.1. The van der Waals surface area contributed by atoms with Crippen LogP contribution in [0.1, 0.15) is 393 Å². The summed E-state index contributed by atoms with van der Waals surface area (Å²) in [6, 6.07) is 0. The molecule has 75 heavy (non-hydrogen) atoms. The lowest BCUT2D eigenvalue weighted by molar-refractivity contribution is -0.167. The predicted octanol–water partition coefficient (Wildman–Crippen LogP) is 23.2. The lowest BCUT2D eigenvalue weighted by atomic mass is 10.0. The van der Waals surface area contributed by atoms with E-state index in [9.17, 15) is 14.4 Å². The summed E-state index contributed by atoms with van der Waals surface area (Å²) < 4.78 is 16.8. The summed E-state index contributed by atoms with van der Waals surface area (Å²) in [4.78, 5) is 38.0. The molecule has 0 aromatic carbocycles. The molecule has 0 N–H and O–H groups in total. The van der Waals surface area contributed by atoms with Crippen molar-refractivity contribution >= 4 is 17.9 Å². The van der Waals surface area contributed by atoms with E-state index in [-0.39, 0.29) is 31.1 Å². The first-order chi connectivity index (χ1) is 37.0. The van der Waals surface area contributed by atoms with Crippen LogP contribution < -0.4 is 0 Å². The predicted molar refractivity (Wildman–Crippen MR) is 326 cm³/mol. The Morgan fingerprint density at radius 2 is 0.440 bits per heavy atom. The summed E-state index contributed by atoms with van der Waals surface area (Å²) in [6.07, 6.45) is 77.3. The van der Waals surface area contributed by atoms with E-state index in [0.717, 1.165) is 57.8 Å². The standard InChI is InChI=1S/C69H132O6/c1-4-7-10-13-16-18-20-22-24-26-27-28-29-30-31-32-33-34-35-36-37-38-39-40-41-42-44-45-47-49-51-53-56-59-62-68(71)74-65-66(64-73-67(70)61-58-55-15-12-9-6-3)75-69(72)63-60-57-54-52-50-48-46-43-25-23-21-19-17-14-11-8-5-2/h23,25,66H,4-22,24,26-65H2,1-3H3/b25-23-. The van der Waals surface area contributed by atoms with Crippen molar-refractivity contribution in [1.82, 2.24) is 0 Å². The zero-order chi connectivity index (χ0) is 54.3. The van der Waals surface area contributed by atoms with Gasteiger partial charge in [0.25, 0.3) is 0 Å². The second-order valence-electron chi connectivity index (χ2n) is 23.5. The third-order valence-corrected chi connectivity index (χ3v) is 15.8. The Balaban J connectivity index is 3.88. The van der Waals surface area contributed by atoms with E-state index in [0.29, 0.717) is 19.3 Å². The largest absolute Gasteiger partial charge is 0.462 e. The smallest absolute Gasteiger partial charge is 0.306 e. The Bertz CT molecular complexity index is 1170. The van der Waals surface area contributed by atoms with Crippen LogP contribution in [-0.2, 0) is 28.6 Å². The summed E-state index contributed by atoms with van der Waals surface area (Å²) >= 11 is 0. The Labute approximate surface area is 469 Å². The van der Waals surface area contributed by atoms with Gasteiger partial charge in [-0.1, -0.05) is 341 Å². The molecule has 6 heteroatoms. The van der Waals surface area contributed by atoms with Gasteiger partial charge < -0.3 is 14.2 Å². The average molecular weight is 1060 g/mol. The highest BCUT2D eigenvalue weighted by Gasteiger charge is 2.19. The molecule has 444 valence electrons. The summed E-state index contributed by atoms with van der Waals surface area (Å²) in [5, 5.41) is 0. The van der Waals surface area contributed by atoms with Crippen molar-refractivity contribution in [1.29, 1.82) is 0 Å². The highest BCUT2D eigenvalue weighted by Crippen LogP contribution is 2.19. The van der Waals surface area contributed by atoms with Crippen molar-refractivity contribution in [2.45, 2.75) is 399 Å². The lowest BCUT2D eigenvalue weighted by Gasteiger charge is -2.18. The van der Waals surface area contributed by atoms with E-state index >= 15 is 0 Å². The second kappa shape index (κ2) is 64.7. The number of rotatable bonds is 64. The van der Waals surface area contributed by atoms with Crippen LogP contribution in [0, 0.1) is 0 Å². The van der Waals surface area contributed by atoms with Crippen LogP contribution in [0.25, 0.3) is 0 Å². The number of hydrogen-bond acceptors (Lipinski definition) is 6. The molecule has 0 heterocycles. The highest BCUT2D eigenvalue weighted by molar-refractivity contribution is 5.71. The minimum atomic E-state index is -0.766. The average Bonchev–Trinajstić information content (AvgIpc) is 3.41. The van der Waals surface area contributed by atoms with Gasteiger partial charge >= 0.3 is 17.9 Å². The van der Waals surface area contributed by atoms with Gasteiger partial charge in [0.15, 0.2) is 6.10 Å². The molecule has 0 aromatic rings. The Kier molecular flexibility index (Phi) is 63.1. The lowest BCUT2D eigenvalue weighted by Crippen LogP contribution is -2.30. The van der Waals surface area contributed by atoms with Gasteiger partial charge in [-0.2, -0.15) is 0 Å². The normalized spacial score (nSPS) is 12.0. The molecule has 0 aliphatic heterocycles. The monoisotopic (exact) mass is 1060 g/mol. The van der Waals surface area contributed by atoms with Crippen molar-refractivity contribution in [2.75, 3.05) is 13.2 Å². The maximum atomic E-state index is 12.8. The maximum absolute atomic E-state index is 12.8. The Hall–Kier alpha value is -1.85. The molecular formula is C69H132O6. The van der Waals surface area contributed by atoms with Gasteiger partial charge in [0.1, 0.15) is 13.2 Å². The van der Waals surface area contributed by atoms with E-state index in [1.807, 2.05) is 0 Å². The molecule has 6 nitrogen and oxygen atoms in total. The Morgan fingerprint density at radius 3 is 0.667 bits per heavy atom. The van der Waals surface area contributed by atoms with Gasteiger partial charge in [0.2, 0.25) is 0 Å². The SMILES string of the molecule is CCCCCCCC/C=C\CCCCCCCCCC(=O)OC(COC(=O)CCCCCCCC)COC(=O)CCCCCCCCCCCCCCCCCCCCCCCCCCCCCCCCCCCC. The summed E-state index contributed by atoms with van der Waals surface area (Å²) in [6.45, 7) is 6.64. The molecule has 1 unspecified atom stereocenters. The quantitative estimate of drug-likeness (QED) is 0.0261. The fourth-order valence-corrected chi connectivity index (χ4v) is 10.6. The first-order valence-corrected chi connectivity index (χ1v) is 34.2. The third-order valence-electron chi connectivity index (χ3n) is 15.8. The van der Waals surface area contributed by atoms with Gasteiger partial charge in [0, 0.05) is 19.3 Å². The second-order valence-corrected chi connectivity index (χ2v) is 23.5. The number of esters is 3. The molecule has 0 bridgehead atoms. The first-order valence-electron chi connectivity index (χ1n) is 34.2. The molecule has 0 aliphatic carbocycles. The molecule has 0 amide bonds. The minimum Gasteiger partial charge on any atom is -0.462 e. The van der Waals surface area contributed by atoms with E-state index in [1.54, 1.807) is 0 Å². The van der Waals surface area contributed by atoms with Crippen LogP contribution in [0.3, 0.4) is 0 Å². The zero-order valence-corrected chi connectivity index (χ0v) is 51.1. The molecule has 1 atom stereocenters. The summed E-state index contributed by atoms with van der Waals surface area (Å²) in [7, 11) is 0. The fraction of sp³-hybridized carbons (Fsp3) is 0.928. The van der Waals surface area contributed by atoms with E-state index in [2.05, 4.69) is 32.9 Å². The molecule has 0 fully saturated rings. The van der Waals surface area contributed by atoms with Gasteiger partial charge in [0.05, 0.1) is 0 Å².